The summed E-state index contributed by atoms with van der Waals surface area (Å²) >= 11 is 5.92. The molecule has 1 aliphatic rings. The molecule has 3 amide bonds. The highest BCUT2D eigenvalue weighted by Gasteiger charge is 2.30. The van der Waals surface area contributed by atoms with Crippen LogP contribution < -0.4 is 10.2 Å². The Bertz CT molecular complexity index is 536. The Morgan fingerprint density at radius 3 is 2.90 bits per heavy atom. The van der Waals surface area contributed by atoms with Crippen LogP contribution in [0.5, 0.6) is 0 Å². The van der Waals surface area contributed by atoms with Crippen molar-refractivity contribution in [2.24, 2.45) is 0 Å². The van der Waals surface area contributed by atoms with Gasteiger partial charge in [0, 0.05) is 30.3 Å². The Balaban J connectivity index is 1.94. The number of amides is 3. The molecule has 0 spiro atoms. The van der Waals surface area contributed by atoms with Crippen molar-refractivity contribution in [1.29, 1.82) is 0 Å². The highest BCUT2D eigenvalue weighted by molar-refractivity contribution is 6.30. The number of nitrogens with one attached hydrogen (secondary N) is 1. The van der Waals surface area contributed by atoms with Crippen LogP contribution in [-0.4, -0.2) is 54.2 Å². The molecule has 1 unspecified atom stereocenters. The van der Waals surface area contributed by atoms with Crippen LogP contribution in [0.1, 0.15) is 6.92 Å². The summed E-state index contributed by atoms with van der Waals surface area (Å²) < 4.78 is 0. The van der Waals surface area contributed by atoms with Gasteiger partial charge in [-0.25, -0.2) is 4.79 Å². The van der Waals surface area contributed by atoms with Gasteiger partial charge >= 0.3 is 6.03 Å². The smallest absolute Gasteiger partial charge is 0.325 e. The number of anilines is 1. The van der Waals surface area contributed by atoms with E-state index in [9.17, 15) is 9.59 Å². The maximum atomic E-state index is 12.3. The van der Waals surface area contributed by atoms with Crippen molar-refractivity contribution in [2.45, 2.75) is 13.0 Å². The van der Waals surface area contributed by atoms with Gasteiger partial charge in [-0.3, -0.25) is 9.69 Å². The van der Waals surface area contributed by atoms with Gasteiger partial charge in [-0.15, -0.1) is 0 Å². The van der Waals surface area contributed by atoms with Crippen LogP contribution in [0.3, 0.4) is 0 Å². The quantitative estimate of drug-likeness (QED) is 0.854. The molecule has 0 saturated carbocycles. The van der Waals surface area contributed by atoms with Gasteiger partial charge in [-0.2, -0.15) is 0 Å². The fourth-order valence-corrected chi connectivity index (χ4v) is 2.29. The first-order chi connectivity index (χ1) is 9.97. The van der Waals surface area contributed by atoms with Crippen molar-refractivity contribution in [3.05, 3.63) is 29.3 Å². The Hall–Kier alpha value is -1.79. The molecule has 1 heterocycles. The van der Waals surface area contributed by atoms with Gasteiger partial charge in [0.05, 0.1) is 6.10 Å². The van der Waals surface area contributed by atoms with Gasteiger partial charge in [0.15, 0.2) is 0 Å². The van der Waals surface area contributed by atoms with E-state index in [4.69, 9.17) is 16.7 Å². The second-order valence-corrected chi connectivity index (χ2v) is 5.43. The molecule has 1 aromatic carbocycles. The second kappa shape index (κ2) is 6.78. The Kier molecular flexibility index (Phi) is 5.03. The topological polar surface area (TPSA) is 72.9 Å². The Labute approximate surface area is 128 Å². The van der Waals surface area contributed by atoms with Gasteiger partial charge in [-0.1, -0.05) is 17.7 Å². The van der Waals surface area contributed by atoms with Gasteiger partial charge in [-0.05, 0) is 25.1 Å². The van der Waals surface area contributed by atoms with Crippen molar-refractivity contribution in [3.8, 4) is 0 Å². The molecule has 0 aromatic heterocycles. The molecule has 0 aliphatic carbocycles. The third-order valence-corrected chi connectivity index (χ3v) is 3.38. The number of carbonyl (C=O) groups excluding carboxylic acids is 2. The zero-order chi connectivity index (χ0) is 15.4. The number of urea groups is 1. The van der Waals surface area contributed by atoms with E-state index >= 15 is 0 Å². The number of hydrogen-bond donors (Lipinski definition) is 2. The summed E-state index contributed by atoms with van der Waals surface area (Å²) in [6, 6.07) is 6.83. The van der Waals surface area contributed by atoms with Crippen LogP contribution in [0.2, 0.25) is 5.02 Å². The number of hydrogen-bond acceptors (Lipinski definition) is 3. The van der Waals surface area contributed by atoms with Gasteiger partial charge < -0.3 is 15.3 Å². The minimum absolute atomic E-state index is 0.0113. The first-order valence-corrected chi connectivity index (χ1v) is 7.12. The normalized spacial score (nSPS) is 16.2. The average Bonchev–Trinajstić information content (AvgIpc) is 2.78. The summed E-state index contributed by atoms with van der Waals surface area (Å²) in [5.41, 5.74) is 0.722. The number of nitrogens with zero attached hydrogens (tertiary/aromatic N) is 2. The zero-order valence-electron chi connectivity index (χ0n) is 11.8. The fraction of sp³-hybridized carbons (Fsp3) is 0.429. The summed E-state index contributed by atoms with van der Waals surface area (Å²) in [6.07, 6.45) is -0.605. The van der Waals surface area contributed by atoms with E-state index in [0.29, 0.717) is 18.1 Å². The van der Waals surface area contributed by atoms with E-state index in [-0.39, 0.29) is 25.0 Å². The number of aliphatic hydroxyl groups excluding tert-OH is 1. The van der Waals surface area contributed by atoms with Gasteiger partial charge in [0.2, 0.25) is 5.91 Å². The van der Waals surface area contributed by atoms with E-state index in [1.54, 1.807) is 36.1 Å². The molecule has 1 atom stereocenters. The van der Waals surface area contributed by atoms with Crippen molar-refractivity contribution in [3.63, 3.8) is 0 Å². The molecule has 2 N–H and O–H groups in total. The summed E-state index contributed by atoms with van der Waals surface area (Å²) in [5, 5.41) is 12.2. The molecule has 114 valence electrons. The lowest BCUT2D eigenvalue weighted by atomic mass is 10.3. The van der Waals surface area contributed by atoms with Crippen molar-refractivity contribution >= 4 is 29.2 Å². The standard InChI is InChI=1S/C14H18ClN3O3/c1-10(19)8-16-13(20)9-17-5-6-18(14(17)21)12-4-2-3-11(15)7-12/h2-4,7,10,19H,5-6,8-9H2,1H3,(H,16,20). The van der Waals surface area contributed by atoms with Crippen LogP contribution in [0.15, 0.2) is 24.3 Å². The molecule has 1 aromatic rings. The van der Waals surface area contributed by atoms with Gasteiger partial charge in [0.25, 0.3) is 0 Å². The Morgan fingerprint density at radius 1 is 1.48 bits per heavy atom. The van der Waals surface area contributed by atoms with Crippen LogP contribution in [0, 0.1) is 0 Å². The maximum absolute atomic E-state index is 12.3. The highest BCUT2D eigenvalue weighted by Crippen LogP contribution is 2.23. The van der Waals surface area contributed by atoms with E-state index in [0.717, 1.165) is 5.69 Å². The molecular weight excluding hydrogens is 294 g/mol. The first kappa shape index (κ1) is 15.6. The molecular formula is C14H18ClN3O3. The molecule has 1 fully saturated rings. The van der Waals surface area contributed by atoms with Crippen LogP contribution in [-0.2, 0) is 4.79 Å². The predicted octanol–water partition coefficient (Wildman–Crippen LogP) is 1.08. The monoisotopic (exact) mass is 311 g/mol. The predicted molar refractivity (Wildman–Crippen MR) is 80.5 cm³/mol. The lowest BCUT2D eigenvalue weighted by Gasteiger charge is -2.18. The van der Waals surface area contributed by atoms with Crippen LogP contribution in [0.25, 0.3) is 0 Å². The second-order valence-electron chi connectivity index (χ2n) is 4.99. The number of benzene rings is 1. The lowest BCUT2D eigenvalue weighted by Crippen LogP contribution is -2.41. The molecule has 0 bridgehead atoms. The van der Waals surface area contributed by atoms with Gasteiger partial charge in [0.1, 0.15) is 6.54 Å². The molecule has 21 heavy (non-hydrogen) atoms. The number of rotatable bonds is 5. The highest BCUT2D eigenvalue weighted by atomic mass is 35.5. The minimum Gasteiger partial charge on any atom is -0.392 e. The van der Waals surface area contributed by atoms with E-state index < -0.39 is 6.10 Å². The number of halogens is 1. The van der Waals surface area contributed by atoms with Crippen molar-refractivity contribution in [2.75, 3.05) is 31.1 Å². The molecule has 1 saturated heterocycles. The molecule has 1 aliphatic heterocycles. The van der Waals surface area contributed by atoms with Crippen LogP contribution in [0.4, 0.5) is 10.5 Å². The third kappa shape index (κ3) is 4.09. The third-order valence-electron chi connectivity index (χ3n) is 3.14. The maximum Gasteiger partial charge on any atom is 0.325 e. The Morgan fingerprint density at radius 2 is 2.24 bits per heavy atom. The zero-order valence-corrected chi connectivity index (χ0v) is 12.5. The molecule has 0 radical (unpaired) electrons. The first-order valence-electron chi connectivity index (χ1n) is 6.74. The number of carbonyl (C=O) groups is 2. The average molecular weight is 312 g/mol. The minimum atomic E-state index is -0.605. The molecule has 2 rings (SSSR count). The number of aliphatic hydroxyl groups is 1. The fourth-order valence-electron chi connectivity index (χ4n) is 2.10. The van der Waals surface area contributed by atoms with E-state index in [1.165, 1.54) is 4.90 Å². The van der Waals surface area contributed by atoms with Crippen molar-refractivity contribution < 1.29 is 14.7 Å². The lowest BCUT2D eigenvalue weighted by molar-refractivity contribution is -0.121. The SMILES string of the molecule is CC(O)CNC(=O)CN1CCN(c2cccc(Cl)c2)C1=O. The molecule has 7 heteroatoms. The van der Waals surface area contributed by atoms with E-state index in [1.807, 2.05) is 0 Å². The van der Waals surface area contributed by atoms with E-state index in [2.05, 4.69) is 5.32 Å². The summed E-state index contributed by atoms with van der Waals surface area (Å²) in [5.74, 6) is -0.280. The molecule has 6 nitrogen and oxygen atoms in total. The summed E-state index contributed by atoms with van der Waals surface area (Å²) in [4.78, 5) is 27.0. The van der Waals surface area contributed by atoms with Crippen LogP contribution >= 0.6 is 11.6 Å². The summed E-state index contributed by atoms with van der Waals surface area (Å²) in [7, 11) is 0. The van der Waals surface area contributed by atoms with Crippen molar-refractivity contribution in [1.82, 2.24) is 10.2 Å². The summed E-state index contributed by atoms with van der Waals surface area (Å²) in [6.45, 7) is 2.75. The largest absolute Gasteiger partial charge is 0.392 e.